The molecule has 106 valence electrons. The molecule has 1 saturated carbocycles. The van der Waals surface area contributed by atoms with E-state index in [-0.39, 0.29) is 0 Å². The molecule has 0 radical (unpaired) electrons. The van der Waals surface area contributed by atoms with E-state index in [4.69, 9.17) is 0 Å². The Hall–Kier alpha value is -1.06. The van der Waals surface area contributed by atoms with Crippen molar-refractivity contribution in [1.82, 2.24) is 4.90 Å². The van der Waals surface area contributed by atoms with E-state index in [1.165, 1.54) is 19.3 Å². The highest BCUT2D eigenvalue weighted by Crippen LogP contribution is 2.38. The minimum absolute atomic E-state index is 0.306. The SMILES string of the molecule is C[C@H](O)c1ccccc1N(C)CC1(N(C)C)CCC1. The fourth-order valence-corrected chi connectivity index (χ4v) is 3.05. The summed E-state index contributed by atoms with van der Waals surface area (Å²) in [5.41, 5.74) is 2.46. The zero-order valence-electron chi connectivity index (χ0n) is 12.6. The third-order valence-corrected chi connectivity index (χ3v) is 4.56. The molecule has 1 aromatic carbocycles. The molecular weight excluding hydrogens is 236 g/mol. The van der Waals surface area contributed by atoms with Gasteiger partial charge in [-0.15, -0.1) is 0 Å². The van der Waals surface area contributed by atoms with Crippen molar-refractivity contribution in [3.8, 4) is 0 Å². The largest absolute Gasteiger partial charge is 0.389 e. The van der Waals surface area contributed by atoms with Crippen molar-refractivity contribution >= 4 is 5.69 Å². The number of hydrogen-bond donors (Lipinski definition) is 1. The van der Waals surface area contributed by atoms with Crippen LogP contribution in [0.4, 0.5) is 5.69 Å². The van der Waals surface area contributed by atoms with Crippen LogP contribution in [0.2, 0.25) is 0 Å². The van der Waals surface area contributed by atoms with Crippen LogP contribution in [-0.4, -0.2) is 43.2 Å². The second-order valence-electron chi connectivity index (χ2n) is 6.06. The van der Waals surface area contributed by atoms with Gasteiger partial charge in [-0.3, -0.25) is 0 Å². The van der Waals surface area contributed by atoms with Crippen LogP contribution in [-0.2, 0) is 0 Å². The van der Waals surface area contributed by atoms with Gasteiger partial charge in [-0.25, -0.2) is 0 Å². The number of aliphatic hydroxyl groups excluding tert-OH is 1. The maximum absolute atomic E-state index is 9.90. The van der Waals surface area contributed by atoms with Crippen molar-refractivity contribution in [2.75, 3.05) is 32.6 Å². The fraction of sp³-hybridized carbons (Fsp3) is 0.625. The second-order valence-corrected chi connectivity index (χ2v) is 6.06. The molecule has 0 spiro atoms. The van der Waals surface area contributed by atoms with E-state index in [1.807, 2.05) is 25.1 Å². The summed E-state index contributed by atoms with van der Waals surface area (Å²) in [7, 11) is 6.48. The molecule has 0 unspecified atom stereocenters. The highest BCUT2D eigenvalue weighted by atomic mass is 16.3. The number of anilines is 1. The summed E-state index contributed by atoms with van der Waals surface area (Å²) in [6.07, 6.45) is 3.43. The van der Waals surface area contributed by atoms with Gasteiger partial charge in [0.2, 0.25) is 0 Å². The first-order valence-electron chi connectivity index (χ1n) is 7.12. The van der Waals surface area contributed by atoms with Crippen molar-refractivity contribution in [3.63, 3.8) is 0 Å². The number of benzene rings is 1. The number of nitrogens with zero attached hydrogens (tertiary/aromatic N) is 2. The summed E-state index contributed by atoms with van der Waals surface area (Å²) < 4.78 is 0. The van der Waals surface area contributed by atoms with Crippen LogP contribution in [0.5, 0.6) is 0 Å². The summed E-state index contributed by atoms with van der Waals surface area (Å²) in [5, 5.41) is 9.90. The quantitative estimate of drug-likeness (QED) is 0.884. The highest BCUT2D eigenvalue weighted by molar-refractivity contribution is 5.54. The average molecular weight is 262 g/mol. The molecule has 19 heavy (non-hydrogen) atoms. The van der Waals surface area contributed by atoms with Crippen LogP contribution in [0.3, 0.4) is 0 Å². The second kappa shape index (κ2) is 5.51. The molecule has 0 amide bonds. The van der Waals surface area contributed by atoms with Crippen LogP contribution in [0, 0.1) is 0 Å². The van der Waals surface area contributed by atoms with Crippen LogP contribution in [0.1, 0.15) is 37.9 Å². The summed E-state index contributed by atoms with van der Waals surface area (Å²) in [6, 6.07) is 8.15. The van der Waals surface area contributed by atoms with Crippen molar-refractivity contribution in [2.45, 2.75) is 37.8 Å². The van der Waals surface area contributed by atoms with Gasteiger partial charge in [0.15, 0.2) is 0 Å². The average Bonchev–Trinajstić information content (AvgIpc) is 2.33. The van der Waals surface area contributed by atoms with Gasteiger partial charge in [0.1, 0.15) is 0 Å². The minimum atomic E-state index is -0.421. The predicted octanol–water partition coefficient (Wildman–Crippen LogP) is 2.66. The smallest absolute Gasteiger partial charge is 0.0781 e. The van der Waals surface area contributed by atoms with E-state index in [0.29, 0.717) is 5.54 Å². The minimum Gasteiger partial charge on any atom is -0.389 e. The maximum atomic E-state index is 9.90. The molecule has 1 atom stereocenters. The molecule has 3 nitrogen and oxygen atoms in total. The fourth-order valence-electron chi connectivity index (χ4n) is 3.05. The predicted molar refractivity (Wildman–Crippen MR) is 80.6 cm³/mol. The van der Waals surface area contributed by atoms with Crippen LogP contribution < -0.4 is 4.90 Å². The Bertz CT molecular complexity index is 425. The van der Waals surface area contributed by atoms with E-state index < -0.39 is 6.10 Å². The van der Waals surface area contributed by atoms with Gasteiger partial charge in [0.25, 0.3) is 0 Å². The monoisotopic (exact) mass is 262 g/mol. The van der Waals surface area contributed by atoms with Crippen LogP contribution >= 0.6 is 0 Å². The van der Waals surface area contributed by atoms with Crippen LogP contribution in [0.15, 0.2) is 24.3 Å². The maximum Gasteiger partial charge on any atom is 0.0781 e. The summed E-state index contributed by atoms with van der Waals surface area (Å²) >= 11 is 0. The van der Waals surface area contributed by atoms with Crippen molar-refractivity contribution in [3.05, 3.63) is 29.8 Å². The lowest BCUT2D eigenvalue weighted by atomic mass is 9.75. The Morgan fingerprint density at radius 2 is 1.84 bits per heavy atom. The Labute approximate surface area is 116 Å². The molecule has 3 heteroatoms. The highest BCUT2D eigenvalue weighted by Gasteiger charge is 2.40. The molecule has 1 N–H and O–H groups in total. The first kappa shape index (κ1) is 14.4. The van der Waals surface area contributed by atoms with Gasteiger partial charge in [-0.05, 0) is 46.3 Å². The standard InChI is InChI=1S/C16H26N2O/c1-13(19)14-8-5-6-9-15(14)18(4)12-16(17(2)3)10-7-11-16/h5-6,8-9,13,19H,7,10-12H2,1-4H3/t13-/m0/s1. The van der Waals surface area contributed by atoms with Crippen molar-refractivity contribution in [1.29, 1.82) is 0 Å². The summed E-state index contributed by atoms with van der Waals surface area (Å²) in [4.78, 5) is 4.65. The molecular formula is C16H26N2O. The number of para-hydroxylation sites is 1. The van der Waals surface area contributed by atoms with Gasteiger partial charge >= 0.3 is 0 Å². The van der Waals surface area contributed by atoms with Crippen LogP contribution in [0.25, 0.3) is 0 Å². The molecule has 0 bridgehead atoms. The molecule has 0 saturated heterocycles. The zero-order chi connectivity index (χ0) is 14.0. The first-order chi connectivity index (χ1) is 8.96. The number of likely N-dealkylation sites (N-methyl/N-ethyl adjacent to an activating group) is 2. The third-order valence-electron chi connectivity index (χ3n) is 4.56. The van der Waals surface area contributed by atoms with Gasteiger partial charge in [-0.2, -0.15) is 0 Å². The number of aliphatic hydroxyl groups is 1. The first-order valence-corrected chi connectivity index (χ1v) is 7.12. The Kier molecular flexibility index (Phi) is 4.16. The van der Waals surface area contributed by atoms with E-state index in [1.54, 1.807) is 0 Å². The van der Waals surface area contributed by atoms with E-state index in [9.17, 15) is 5.11 Å². The van der Waals surface area contributed by atoms with E-state index in [0.717, 1.165) is 17.8 Å². The Balaban J connectivity index is 2.18. The van der Waals surface area contributed by atoms with Crippen molar-refractivity contribution in [2.24, 2.45) is 0 Å². The summed E-state index contributed by atoms with van der Waals surface area (Å²) in [5.74, 6) is 0. The molecule has 1 fully saturated rings. The molecule has 1 aromatic rings. The molecule has 0 aliphatic heterocycles. The topological polar surface area (TPSA) is 26.7 Å². The third kappa shape index (κ3) is 2.77. The van der Waals surface area contributed by atoms with Gasteiger partial charge in [0.05, 0.1) is 6.10 Å². The lowest BCUT2D eigenvalue weighted by Gasteiger charge is -2.49. The normalized spacial score (nSPS) is 19.1. The molecule has 1 aliphatic carbocycles. The van der Waals surface area contributed by atoms with E-state index >= 15 is 0 Å². The summed E-state index contributed by atoms with van der Waals surface area (Å²) in [6.45, 7) is 2.85. The van der Waals surface area contributed by atoms with Gasteiger partial charge < -0.3 is 14.9 Å². The molecule has 0 aromatic heterocycles. The Morgan fingerprint density at radius 3 is 2.32 bits per heavy atom. The zero-order valence-corrected chi connectivity index (χ0v) is 12.6. The van der Waals surface area contributed by atoms with E-state index in [2.05, 4.69) is 37.0 Å². The lowest BCUT2D eigenvalue weighted by molar-refractivity contribution is 0.0682. The number of hydrogen-bond acceptors (Lipinski definition) is 3. The lowest BCUT2D eigenvalue weighted by Crippen LogP contribution is -2.56. The van der Waals surface area contributed by atoms with Gasteiger partial charge in [-0.1, -0.05) is 18.2 Å². The molecule has 1 aliphatic rings. The molecule has 0 heterocycles. The van der Waals surface area contributed by atoms with Crippen molar-refractivity contribution < 1.29 is 5.11 Å². The Morgan fingerprint density at radius 1 is 1.21 bits per heavy atom. The van der Waals surface area contributed by atoms with Gasteiger partial charge in [0, 0.05) is 30.4 Å². The number of rotatable bonds is 5. The molecule has 2 rings (SSSR count).